The molecule has 2 rings (SSSR count). The van der Waals surface area contributed by atoms with Crippen LogP contribution < -0.4 is 11.1 Å². The summed E-state index contributed by atoms with van der Waals surface area (Å²) in [5.74, 6) is -0.396. The van der Waals surface area contributed by atoms with Gasteiger partial charge in [0, 0.05) is 17.8 Å². The fraction of sp³-hybridized carbons (Fsp3) is 0.133. The molecule has 0 aliphatic heterocycles. The van der Waals surface area contributed by atoms with E-state index in [1.807, 2.05) is 31.2 Å². The number of carbonyl (C=O) groups is 1. The van der Waals surface area contributed by atoms with Crippen LogP contribution in [0.2, 0.25) is 0 Å². The lowest BCUT2D eigenvalue weighted by Gasteiger charge is -2.10. The first-order valence-corrected chi connectivity index (χ1v) is 5.85. The van der Waals surface area contributed by atoms with Crippen LogP contribution in [0.4, 0.5) is 5.69 Å². The van der Waals surface area contributed by atoms with Crippen LogP contribution >= 0.6 is 0 Å². The molecule has 1 amide bonds. The van der Waals surface area contributed by atoms with E-state index >= 15 is 0 Å². The van der Waals surface area contributed by atoms with E-state index in [-0.39, 0.29) is 0 Å². The van der Waals surface area contributed by atoms with E-state index in [1.165, 1.54) is 5.56 Å². The molecule has 0 aliphatic carbocycles. The molecule has 0 spiro atoms. The number of nitrogens with two attached hydrogens (primary N) is 1. The highest BCUT2D eigenvalue weighted by molar-refractivity contribution is 5.93. The van der Waals surface area contributed by atoms with Crippen LogP contribution in [-0.4, -0.2) is 5.91 Å². The molecule has 0 unspecified atom stereocenters. The van der Waals surface area contributed by atoms with Crippen LogP contribution in [0.25, 0.3) is 0 Å². The second kappa shape index (κ2) is 5.36. The Morgan fingerprint density at radius 1 is 1.17 bits per heavy atom. The molecular formula is C15H16N2O. The fourth-order valence-corrected chi connectivity index (χ4v) is 1.81. The molecule has 0 atom stereocenters. The van der Waals surface area contributed by atoms with Crippen molar-refractivity contribution in [2.75, 3.05) is 5.32 Å². The quantitative estimate of drug-likeness (QED) is 0.863. The van der Waals surface area contributed by atoms with Gasteiger partial charge in [-0.15, -0.1) is 0 Å². The van der Waals surface area contributed by atoms with Crippen molar-refractivity contribution in [3.8, 4) is 0 Å². The zero-order valence-corrected chi connectivity index (χ0v) is 10.3. The monoisotopic (exact) mass is 240 g/mol. The first kappa shape index (κ1) is 12.2. The number of hydrogen-bond acceptors (Lipinski definition) is 2. The highest BCUT2D eigenvalue weighted by Gasteiger charge is 2.03. The standard InChI is InChI=1S/C15H16N2O/c1-11-9-13(15(16)18)7-8-14(11)17-10-12-5-3-2-4-6-12/h2-9,17H,10H2,1H3,(H2,16,18). The normalized spacial score (nSPS) is 10.1. The van der Waals surface area contributed by atoms with E-state index in [1.54, 1.807) is 12.1 Å². The maximum absolute atomic E-state index is 11.0. The number of carbonyl (C=O) groups excluding carboxylic acids is 1. The first-order valence-electron chi connectivity index (χ1n) is 5.85. The lowest BCUT2D eigenvalue weighted by atomic mass is 10.1. The van der Waals surface area contributed by atoms with Gasteiger partial charge < -0.3 is 11.1 Å². The summed E-state index contributed by atoms with van der Waals surface area (Å²) in [5, 5.41) is 3.34. The average molecular weight is 240 g/mol. The van der Waals surface area contributed by atoms with Gasteiger partial charge in [0.05, 0.1) is 0 Å². The molecule has 18 heavy (non-hydrogen) atoms. The van der Waals surface area contributed by atoms with Crippen LogP contribution in [0.15, 0.2) is 48.5 Å². The predicted octanol–water partition coefficient (Wildman–Crippen LogP) is 2.71. The predicted molar refractivity (Wildman–Crippen MR) is 73.5 cm³/mol. The summed E-state index contributed by atoms with van der Waals surface area (Å²) >= 11 is 0. The van der Waals surface area contributed by atoms with Crippen molar-refractivity contribution in [1.82, 2.24) is 0 Å². The first-order chi connectivity index (χ1) is 8.66. The van der Waals surface area contributed by atoms with Gasteiger partial charge in [0.1, 0.15) is 0 Å². The third-order valence-corrected chi connectivity index (χ3v) is 2.84. The topological polar surface area (TPSA) is 55.1 Å². The van der Waals surface area contributed by atoms with Crippen molar-refractivity contribution in [1.29, 1.82) is 0 Å². The maximum Gasteiger partial charge on any atom is 0.248 e. The van der Waals surface area contributed by atoms with Gasteiger partial charge in [-0.1, -0.05) is 30.3 Å². The van der Waals surface area contributed by atoms with Gasteiger partial charge in [-0.05, 0) is 36.2 Å². The molecule has 0 aromatic heterocycles. The number of hydrogen-bond donors (Lipinski definition) is 2. The van der Waals surface area contributed by atoms with Gasteiger partial charge in [-0.25, -0.2) is 0 Å². The smallest absolute Gasteiger partial charge is 0.248 e. The van der Waals surface area contributed by atoms with Crippen molar-refractivity contribution in [2.45, 2.75) is 13.5 Å². The summed E-state index contributed by atoms with van der Waals surface area (Å²) in [6.45, 7) is 2.72. The van der Waals surface area contributed by atoms with Crippen LogP contribution in [0, 0.1) is 6.92 Å². The number of anilines is 1. The third kappa shape index (κ3) is 2.88. The number of benzene rings is 2. The van der Waals surface area contributed by atoms with Gasteiger partial charge in [0.25, 0.3) is 0 Å². The molecule has 0 bridgehead atoms. The van der Waals surface area contributed by atoms with Gasteiger partial charge in [-0.3, -0.25) is 4.79 Å². The molecule has 3 nitrogen and oxygen atoms in total. The van der Waals surface area contributed by atoms with Gasteiger partial charge in [0.15, 0.2) is 0 Å². The Morgan fingerprint density at radius 2 is 1.89 bits per heavy atom. The molecule has 0 heterocycles. The van der Waals surface area contributed by atoms with Crippen LogP contribution in [0.3, 0.4) is 0 Å². The molecular weight excluding hydrogens is 224 g/mol. The summed E-state index contributed by atoms with van der Waals surface area (Å²) in [4.78, 5) is 11.0. The van der Waals surface area contributed by atoms with Crippen LogP contribution in [0.1, 0.15) is 21.5 Å². The lowest BCUT2D eigenvalue weighted by Crippen LogP contribution is -2.11. The summed E-state index contributed by atoms with van der Waals surface area (Å²) in [6.07, 6.45) is 0. The van der Waals surface area contributed by atoms with Crippen molar-refractivity contribution >= 4 is 11.6 Å². The Kier molecular flexibility index (Phi) is 3.63. The zero-order valence-electron chi connectivity index (χ0n) is 10.3. The minimum atomic E-state index is -0.396. The Balaban J connectivity index is 2.08. The molecule has 0 radical (unpaired) electrons. The second-order valence-corrected chi connectivity index (χ2v) is 4.23. The van der Waals surface area contributed by atoms with E-state index in [0.29, 0.717) is 5.56 Å². The second-order valence-electron chi connectivity index (χ2n) is 4.23. The molecule has 2 aromatic carbocycles. The number of rotatable bonds is 4. The molecule has 2 aromatic rings. The molecule has 0 saturated heterocycles. The molecule has 0 aliphatic rings. The van der Waals surface area contributed by atoms with Gasteiger partial charge >= 0.3 is 0 Å². The molecule has 0 saturated carbocycles. The molecule has 92 valence electrons. The Morgan fingerprint density at radius 3 is 2.50 bits per heavy atom. The van der Waals surface area contributed by atoms with Crippen molar-refractivity contribution < 1.29 is 4.79 Å². The van der Waals surface area contributed by atoms with E-state index < -0.39 is 5.91 Å². The summed E-state index contributed by atoms with van der Waals surface area (Å²) in [5.41, 5.74) is 9.03. The maximum atomic E-state index is 11.0. The zero-order chi connectivity index (χ0) is 13.0. The molecule has 3 heteroatoms. The highest BCUT2D eigenvalue weighted by Crippen LogP contribution is 2.17. The van der Waals surface area contributed by atoms with Gasteiger partial charge in [0.2, 0.25) is 5.91 Å². The van der Waals surface area contributed by atoms with Crippen LogP contribution in [0.5, 0.6) is 0 Å². The summed E-state index contributed by atoms with van der Waals surface area (Å²) < 4.78 is 0. The van der Waals surface area contributed by atoms with Crippen LogP contribution in [-0.2, 0) is 6.54 Å². The highest BCUT2D eigenvalue weighted by atomic mass is 16.1. The van der Waals surface area contributed by atoms with E-state index in [4.69, 9.17) is 5.73 Å². The van der Waals surface area contributed by atoms with E-state index in [2.05, 4.69) is 17.4 Å². The molecule has 0 fully saturated rings. The SMILES string of the molecule is Cc1cc(C(N)=O)ccc1NCc1ccccc1. The fourth-order valence-electron chi connectivity index (χ4n) is 1.81. The van der Waals surface area contributed by atoms with Crippen molar-refractivity contribution in [3.05, 3.63) is 65.2 Å². The average Bonchev–Trinajstić information content (AvgIpc) is 2.38. The summed E-state index contributed by atoms with van der Waals surface area (Å²) in [6, 6.07) is 15.6. The Labute approximate surface area is 107 Å². The molecule has 3 N–H and O–H groups in total. The largest absolute Gasteiger partial charge is 0.381 e. The summed E-state index contributed by atoms with van der Waals surface area (Å²) in [7, 11) is 0. The number of nitrogens with one attached hydrogen (secondary N) is 1. The van der Waals surface area contributed by atoms with Gasteiger partial charge in [-0.2, -0.15) is 0 Å². The minimum absolute atomic E-state index is 0.396. The Hall–Kier alpha value is -2.29. The van der Waals surface area contributed by atoms with E-state index in [0.717, 1.165) is 17.8 Å². The Bertz CT molecular complexity index is 550. The van der Waals surface area contributed by atoms with Crippen molar-refractivity contribution in [3.63, 3.8) is 0 Å². The number of amides is 1. The van der Waals surface area contributed by atoms with Crippen molar-refractivity contribution in [2.24, 2.45) is 5.73 Å². The number of aryl methyl sites for hydroxylation is 1. The minimum Gasteiger partial charge on any atom is -0.381 e. The lowest BCUT2D eigenvalue weighted by molar-refractivity contribution is 0.1000. The van der Waals surface area contributed by atoms with E-state index in [9.17, 15) is 4.79 Å². The third-order valence-electron chi connectivity index (χ3n) is 2.84. The number of primary amides is 1.